The number of hydrogen-bond donors (Lipinski definition) is 1. The lowest BCUT2D eigenvalue weighted by molar-refractivity contribution is -0.134. The first-order valence-corrected chi connectivity index (χ1v) is 9.05. The summed E-state index contributed by atoms with van der Waals surface area (Å²) in [6.07, 6.45) is 5.16. The van der Waals surface area contributed by atoms with Crippen molar-refractivity contribution in [3.05, 3.63) is 70.3 Å². The molecule has 0 aliphatic rings. The van der Waals surface area contributed by atoms with Gasteiger partial charge >= 0.3 is 5.97 Å². The molecule has 3 heteroatoms. The molecule has 26 heavy (non-hydrogen) atoms. The third kappa shape index (κ3) is 3.82. The largest absolute Gasteiger partial charge is 0.508 e. The first-order chi connectivity index (χ1) is 12.4. The number of carbonyl (C=O) groups is 1. The van der Waals surface area contributed by atoms with Crippen LogP contribution in [0.25, 0.3) is 6.08 Å². The van der Waals surface area contributed by atoms with Crippen LogP contribution in [0.2, 0.25) is 0 Å². The molecule has 0 radical (unpaired) electrons. The predicted octanol–water partition coefficient (Wildman–Crippen LogP) is 5.30. The van der Waals surface area contributed by atoms with Gasteiger partial charge in [-0.15, -0.1) is 0 Å². The van der Waals surface area contributed by atoms with E-state index >= 15 is 0 Å². The average Bonchev–Trinajstić information content (AvgIpc) is 2.65. The molecule has 138 valence electrons. The van der Waals surface area contributed by atoms with Crippen LogP contribution in [0.4, 0.5) is 0 Å². The highest BCUT2D eigenvalue weighted by Crippen LogP contribution is 2.40. The van der Waals surface area contributed by atoms with Crippen molar-refractivity contribution in [3.63, 3.8) is 0 Å². The number of rotatable bonds is 6. The maximum absolute atomic E-state index is 11.3. The summed E-state index contributed by atoms with van der Waals surface area (Å²) >= 11 is 0. The van der Waals surface area contributed by atoms with Gasteiger partial charge in [0.1, 0.15) is 5.75 Å². The zero-order valence-corrected chi connectivity index (χ0v) is 16.3. The normalized spacial score (nSPS) is 11.7. The second-order valence-electron chi connectivity index (χ2n) is 6.72. The summed E-state index contributed by atoms with van der Waals surface area (Å²) in [6, 6.07) is 12.3. The van der Waals surface area contributed by atoms with Crippen molar-refractivity contribution in [2.75, 3.05) is 7.11 Å². The van der Waals surface area contributed by atoms with Crippen molar-refractivity contribution in [2.24, 2.45) is 0 Å². The fourth-order valence-electron chi connectivity index (χ4n) is 3.57. The van der Waals surface area contributed by atoms with Crippen LogP contribution in [-0.4, -0.2) is 18.2 Å². The van der Waals surface area contributed by atoms with E-state index in [-0.39, 0.29) is 11.4 Å². The predicted molar refractivity (Wildman–Crippen MR) is 106 cm³/mol. The van der Waals surface area contributed by atoms with Gasteiger partial charge in [-0.3, -0.25) is 0 Å². The summed E-state index contributed by atoms with van der Waals surface area (Å²) < 4.78 is 4.66. The zero-order valence-electron chi connectivity index (χ0n) is 16.3. The second kappa shape index (κ2) is 8.22. The number of phenols is 1. The number of phenolic OH excluding ortho intramolecular Hbond substituents is 1. The number of carbonyl (C=O) groups excluding carboxylic acids is 1. The molecule has 0 unspecified atom stereocenters. The van der Waals surface area contributed by atoms with Gasteiger partial charge in [0.05, 0.1) is 7.11 Å². The molecule has 0 saturated carbocycles. The van der Waals surface area contributed by atoms with Gasteiger partial charge in [-0.1, -0.05) is 44.2 Å². The van der Waals surface area contributed by atoms with Crippen LogP contribution in [0.3, 0.4) is 0 Å². The Morgan fingerprint density at radius 3 is 2.12 bits per heavy atom. The summed E-state index contributed by atoms with van der Waals surface area (Å²) in [5.74, 6) is -0.0289. The Labute approximate surface area is 156 Å². The van der Waals surface area contributed by atoms with Crippen molar-refractivity contribution in [1.29, 1.82) is 0 Å². The number of aryl methyl sites for hydroxylation is 2. The molecule has 0 heterocycles. The highest BCUT2D eigenvalue weighted by atomic mass is 16.5. The topological polar surface area (TPSA) is 46.5 Å². The molecule has 0 spiro atoms. The Hall–Kier alpha value is -2.55. The van der Waals surface area contributed by atoms with Crippen LogP contribution in [0.15, 0.2) is 42.5 Å². The number of esters is 1. The van der Waals surface area contributed by atoms with Crippen molar-refractivity contribution in [1.82, 2.24) is 0 Å². The van der Waals surface area contributed by atoms with Gasteiger partial charge in [-0.2, -0.15) is 0 Å². The van der Waals surface area contributed by atoms with E-state index in [1.165, 1.54) is 24.3 Å². The third-order valence-corrected chi connectivity index (χ3v) is 5.38. The summed E-state index contributed by atoms with van der Waals surface area (Å²) in [5, 5.41) is 9.88. The fourth-order valence-corrected chi connectivity index (χ4v) is 3.57. The van der Waals surface area contributed by atoms with Crippen LogP contribution < -0.4 is 0 Å². The van der Waals surface area contributed by atoms with Crippen molar-refractivity contribution in [2.45, 2.75) is 46.0 Å². The van der Waals surface area contributed by atoms with E-state index < -0.39 is 0 Å². The minimum Gasteiger partial charge on any atom is -0.508 e. The number of hydrogen-bond acceptors (Lipinski definition) is 3. The Morgan fingerprint density at radius 1 is 1.04 bits per heavy atom. The van der Waals surface area contributed by atoms with E-state index in [9.17, 15) is 9.90 Å². The molecule has 2 aromatic rings. The molecular weight excluding hydrogens is 324 g/mol. The molecule has 0 fully saturated rings. The maximum Gasteiger partial charge on any atom is 0.330 e. The monoisotopic (exact) mass is 352 g/mol. The van der Waals surface area contributed by atoms with Crippen molar-refractivity contribution in [3.8, 4) is 5.75 Å². The average molecular weight is 352 g/mol. The van der Waals surface area contributed by atoms with Crippen LogP contribution in [-0.2, 0) is 14.9 Å². The lowest BCUT2D eigenvalue weighted by atomic mass is 9.70. The Bertz CT molecular complexity index is 814. The van der Waals surface area contributed by atoms with Gasteiger partial charge in [0.2, 0.25) is 0 Å². The first kappa shape index (κ1) is 19.8. The second-order valence-corrected chi connectivity index (χ2v) is 6.72. The highest BCUT2D eigenvalue weighted by Gasteiger charge is 2.31. The molecule has 3 nitrogen and oxygen atoms in total. The smallest absolute Gasteiger partial charge is 0.330 e. The van der Waals surface area contributed by atoms with E-state index in [0.717, 1.165) is 29.5 Å². The lowest BCUT2D eigenvalue weighted by Crippen LogP contribution is -2.26. The van der Waals surface area contributed by atoms with Gasteiger partial charge in [-0.25, -0.2) is 4.79 Å². The fraction of sp³-hybridized carbons (Fsp3) is 0.348. The SMILES string of the molecule is CCC(CC)(c1ccc(O)c(C)c1)c1ccc(C=CC(=O)OC)c(C)c1. The number of aromatic hydroxyl groups is 1. The molecule has 0 aliphatic heterocycles. The number of ether oxygens (including phenoxy) is 1. The van der Waals surface area contributed by atoms with Crippen molar-refractivity contribution < 1.29 is 14.6 Å². The van der Waals surface area contributed by atoms with Gasteiger partial charge < -0.3 is 9.84 Å². The minimum atomic E-state index is -0.357. The van der Waals surface area contributed by atoms with Crippen molar-refractivity contribution >= 4 is 12.0 Å². The Morgan fingerprint density at radius 2 is 1.62 bits per heavy atom. The van der Waals surface area contributed by atoms with Crippen LogP contribution in [0.1, 0.15) is 54.5 Å². The quantitative estimate of drug-likeness (QED) is 0.567. The molecule has 0 aliphatic carbocycles. The summed E-state index contributed by atoms with van der Waals surface area (Å²) in [6.45, 7) is 8.39. The molecule has 0 aromatic heterocycles. The summed E-state index contributed by atoms with van der Waals surface area (Å²) in [5.41, 5.74) is 5.37. The van der Waals surface area contributed by atoms with Crippen LogP contribution in [0, 0.1) is 13.8 Å². The maximum atomic E-state index is 11.3. The van der Waals surface area contributed by atoms with Gasteiger partial charge in [0, 0.05) is 11.5 Å². The third-order valence-electron chi connectivity index (χ3n) is 5.38. The first-order valence-electron chi connectivity index (χ1n) is 9.05. The van der Waals surface area contributed by atoms with Gasteiger partial charge in [-0.05, 0) is 66.6 Å². The number of methoxy groups -OCH3 is 1. The number of benzene rings is 2. The van der Waals surface area contributed by atoms with E-state index in [4.69, 9.17) is 0 Å². The standard InChI is InChI=1S/C23H28O3/c1-6-23(7-2,20-11-12-21(24)17(4)15-20)19-10-8-18(16(3)14-19)9-13-22(25)26-5/h8-15,24H,6-7H2,1-5H3. The van der Waals surface area contributed by atoms with E-state index in [0.29, 0.717) is 5.75 Å². The van der Waals surface area contributed by atoms with E-state index in [2.05, 4.69) is 49.8 Å². The molecule has 2 aromatic carbocycles. The lowest BCUT2D eigenvalue weighted by Gasteiger charge is -2.34. The summed E-state index contributed by atoms with van der Waals surface area (Å²) in [4.78, 5) is 11.3. The van der Waals surface area contributed by atoms with E-state index in [1.54, 1.807) is 12.1 Å². The summed E-state index contributed by atoms with van der Waals surface area (Å²) in [7, 11) is 1.37. The van der Waals surface area contributed by atoms with Gasteiger partial charge in [0.15, 0.2) is 0 Å². The Balaban J connectivity index is 2.50. The van der Waals surface area contributed by atoms with Crippen LogP contribution >= 0.6 is 0 Å². The molecule has 0 atom stereocenters. The minimum absolute atomic E-state index is 0.103. The molecule has 2 rings (SSSR count). The zero-order chi connectivity index (χ0) is 19.3. The van der Waals surface area contributed by atoms with E-state index in [1.807, 2.05) is 13.0 Å². The molecular formula is C23H28O3. The molecule has 0 saturated heterocycles. The Kier molecular flexibility index (Phi) is 6.25. The molecule has 1 N–H and O–H groups in total. The molecule has 0 bridgehead atoms. The van der Waals surface area contributed by atoms with Gasteiger partial charge in [0.25, 0.3) is 0 Å². The molecule has 0 amide bonds. The highest BCUT2D eigenvalue weighted by molar-refractivity contribution is 5.87. The van der Waals surface area contributed by atoms with Crippen LogP contribution in [0.5, 0.6) is 5.75 Å².